The Hall–Kier alpha value is -1.50. The SMILES string of the molecule is CCc1cc(NCC(c2ccc(C)s2)N2CCOCC2)nc(C)n1. The van der Waals surface area contributed by atoms with Crippen LogP contribution in [0.4, 0.5) is 5.82 Å². The normalized spacial score (nSPS) is 17.0. The standard InChI is InChI=1S/C18H26N4OS/c1-4-15-11-18(21-14(3)20-15)19-12-16(17-6-5-13(2)24-17)22-7-9-23-10-8-22/h5-6,11,16H,4,7-10,12H2,1-3H3,(H,19,20,21). The average Bonchev–Trinajstić information content (AvgIpc) is 3.01. The van der Waals surface area contributed by atoms with Gasteiger partial charge in [-0.15, -0.1) is 11.3 Å². The zero-order chi connectivity index (χ0) is 16.9. The van der Waals surface area contributed by atoms with Gasteiger partial charge in [-0.1, -0.05) is 6.92 Å². The van der Waals surface area contributed by atoms with Crippen LogP contribution in [0, 0.1) is 13.8 Å². The van der Waals surface area contributed by atoms with Crippen molar-refractivity contribution in [2.24, 2.45) is 0 Å². The summed E-state index contributed by atoms with van der Waals surface area (Å²) in [6.07, 6.45) is 0.926. The molecule has 3 rings (SSSR count). The van der Waals surface area contributed by atoms with Gasteiger partial charge in [-0.25, -0.2) is 9.97 Å². The molecule has 1 fully saturated rings. The second-order valence-electron chi connectivity index (χ2n) is 6.14. The van der Waals surface area contributed by atoms with Gasteiger partial charge in [0.15, 0.2) is 0 Å². The smallest absolute Gasteiger partial charge is 0.129 e. The number of anilines is 1. The van der Waals surface area contributed by atoms with Gasteiger partial charge in [-0.2, -0.15) is 0 Å². The second-order valence-corrected chi connectivity index (χ2v) is 7.46. The summed E-state index contributed by atoms with van der Waals surface area (Å²) >= 11 is 1.88. The van der Waals surface area contributed by atoms with E-state index in [0.717, 1.165) is 56.6 Å². The van der Waals surface area contributed by atoms with Gasteiger partial charge in [0.05, 0.1) is 19.3 Å². The van der Waals surface area contributed by atoms with E-state index in [-0.39, 0.29) is 0 Å². The summed E-state index contributed by atoms with van der Waals surface area (Å²) in [5.74, 6) is 1.75. The fourth-order valence-electron chi connectivity index (χ4n) is 3.03. The predicted octanol–water partition coefficient (Wildman–Crippen LogP) is 3.20. The highest BCUT2D eigenvalue weighted by Gasteiger charge is 2.23. The molecule has 0 radical (unpaired) electrons. The molecule has 2 aromatic rings. The number of aromatic nitrogens is 2. The van der Waals surface area contributed by atoms with Crippen molar-refractivity contribution >= 4 is 17.2 Å². The summed E-state index contributed by atoms with van der Waals surface area (Å²) in [6.45, 7) is 10.7. The zero-order valence-electron chi connectivity index (χ0n) is 14.7. The highest BCUT2D eigenvalue weighted by molar-refractivity contribution is 7.12. The molecule has 1 saturated heterocycles. The van der Waals surface area contributed by atoms with Gasteiger partial charge in [-0.3, -0.25) is 4.90 Å². The Kier molecular flexibility index (Phi) is 5.81. The van der Waals surface area contributed by atoms with E-state index in [1.165, 1.54) is 9.75 Å². The van der Waals surface area contributed by atoms with Crippen LogP contribution in [0.15, 0.2) is 18.2 Å². The molecular weight excluding hydrogens is 320 g/mol. The molecule has 3 heterocycles. The van der Waals surface area contributed by atoms with Crippen molar-refractivity contribution in [1.82, 2.24) is 14.9 Å². The number of morpholine rings is 1. The van der Waals surface area contributed by atoms with E-state index in [9.17, 15) is 0 Å². The summed E-state index contributed by atoms with van der Waals surface area (Å²) in [7, 11) is 0. The van der Waals surface area contributed by atoms with Crippen LogP contribution in [0.25, 0.3) is 0 Å². The number of hydrogen-bond donors (Lipinski definition) is 1. The molecule has 2 aromatic heterocycles. The number of aryl methyl sites for hydroxylation is 3. The molecule has 5 nitrogen and oxygen atoms in total. The van der Waals surface area contributed by atoms with Crippen molar-refractivity contribution in [3.63, 3.8) is 0 Å². The summed E-state index contributed by atoms with van der Waals surface area (Å²) in [4.78, 5) is 14.3. The van der Waals surface area contributed by atoms with Crippen molar-refractivity contribution in [1.29, 1.82) is 0 Å². The van der Waals surface area contributed by atoms with E-state index in [1.54, 1.807) is 0 Å². The Morgan fingerprint density at radius 3 is 2.71 bits per heavy atom. The lowest BCUT2D eigenvalue weighted by atomic mass is 10.2. The fraction of sp³-hybridized carbons (Fsp3) is 0.556. The molecule has 0 spiro atoms. The third-order valence-corrected chi connectivity index (χ3v) is 5.41. The highest BCUT2D eigenvalue weighted by Crippen LogP contribution is 2.28. The average molecular weight is 347 g/mol. The number of nitrogens with zero attached hydrogens (tertiary/aromatic N) is 3. The fourth-order valence-corrected chi connectivity index (χ4v) is 4.05. The predicted molar refractivity (Wildman–Crippen MR) is 98.8 cm³/mol. The van der Waals surface area contributed by atoms with Gasteiger partial charge >= 0.3 is 0 Å². The van der Waals surface area contributed by atoms with Crippen LogP contribution >= 0.6 is 11.3 Å². The van der Waals surface area contributed by atoms with Crippen LogP contribution in [0.1, 0.15) is 34.2 Å². The minimum absolute atomic E-state index is 0.355. The molecule has 1 aliphatic heterocycles. The van der Waals surface area contributed by atoms with Crippen LogP contribution in [0.3, 0.4) is 0 Å². The molecule has 0 aromatic carbocycles. The number of nitrogens with one attached hydrogen (secondary N) is 1. The van der Waals surface area contributed by atoms with E-state index >= 15 is 0 Å². The van der Waals surface area contributed by atoms with Crippen molar-refractivity contribution in [3.05, 3.63) is 39.5 Å². The Bertz CT molecular complexity index is 667. The highest BCUT2D eigenvalue weighted by atomic mass is 32.1. The Labute approximate surface area is 148 Å². The number of ether oxygens (including phenoxy) is 1. The topological polar surface area (TPSA) is 50.3 Å². The van der Waals surface area contributed by atoms with Crippen LogP contribution < -0.4 is 5.32 Å². The maximum absolute atomic E-state index is 5.52. The van der Waals surface area contributed by atoms with Gasteiger partial charge in [0, 0.05) is 41.1 Å². The lowest BCUT2D eigenvalue weighted by molar-refractivity contribution is 0.0194. The zero-order valence-corrected chi connectivity index (χ0v) is 15.5. The molecule has 1 unspecified atom stereocenters. The van der Waals surface area contributed by atoms with Gasteiger partial charge in [0.2, 0.25) is 0 Å². The molecule has 0 saturated carbocycles. The second kappa shape index (κ2) is 8.05. The molecule has 1 atom stereocenters. The third kappa shape index (κ3) is 4.32. The summed E-state index contributed by atoms with van der Waals surface area (Å²) < 4.78 is 5.52. The Morgan fingerprint density at radius 2 is 2.04 bits per heavy atom. The van der Waals surface area contributed by atoms with Crippen molar-refractivity contribution in [3.8, 4) is 0 Å². The van der Waals surface area contributed by atoms with E-state index in [1.807, 2.05) is 18.3 Å². The van der Waals surface area contributed by atoms with E-state index in [2.05, 4.69) is 52.2 Å². The molecule has 6 heteroatoms. The third-order valence-electron chi connectivity index (χ3n) is 4.31. The Balaban J connectivity index is 1.75. The molecule has 1 N–H and O–H groups in total. The monoisotopic (exact) mass is 346 g/mol. The van der Waals surface area contributed by atoms with Gasteiger partial charge < -0.3 is 10.1 Å². The van der Waals surface area contributed by atoms with Gasteiger partial charge in [0.25, 0.3) is 0 Å². The summed E-state index contributed by atoms with van der Waals surface area (Å²) in [5.41, 5.74) is 1.08. The summed E-state index contributed by atoms with van der Waals surface area (Å²) in [5, 5.41) is 3.54. The molecule has 0 bridgehead atoms. The van der Waals surface area contributed by atoms with Crippen LogP contribution in [-0.2, 0) is 11.2 Å². The van der Waals surface area contributed by atoms with Crippen molar-refractivity contribution in [2.75, 3.05) is 38.2 Å². The molecule has 0 aliphatic carbocycles. The lowest BCUT2D eigenvalue weighted by Crippen LogP contribution is -2.41. The first kappa shape index (κ1) is 17.3. The minimum atomic E-state index is 0.355. The van der Waals surface area contributed by atoms with Crippen LogP contribution in [-0.4, -0.2) is 47.7 Å². The first-order valence-electron chi connectivity index (χ1n) is 8.62. The van der Waals surface area contributed by atoms with Crippen LogP contribution in [0.2, 0.25) is 0 Å². The first-order valence-corrected chi connectivity index (χ1v) is 9.44. The van der Waals surface area contributed by atoms with Crippen molar-refractivity contribution < 1.29 is 4.74 Å². The molecule has 1 aliphatic rings. The minimum Gasteiger partial charge on any atom is -0.379 e. The number of thiophene rings is 1. The lowest BCUT2D eigenvalue weighted by Gasteiger charge is -2.34. The molecule has 24 heavy (non-hydrogen) atoms. The van der Waals surface area contributed by atoms with Gasteiger partial charge in [-0.05, 0) is 32.4 Å². The molecule has 0 amide bonds. The van der Waals surface area contributed by atoms with E-state index in [0.29, 0.717) is 6.04 Å². The molecule has 130 valence electrons. The summed E-state index contributed by atoms with van der Waals surface area (Å²) in [6, 6.07) is 6.87. The quantitative estimate of drug-likeness (QED) is 0.870. The maximum atomic E-state index is 5.52. The molecular formula is C18H26N4OS. The van der Waals surface area contributed by atoms with Crippen molar-refractivity contribution in [2.45, 2.75) is 33.2 Å². The Morgan fingerprint density at radius 1 is 1.25 bits per heavy atom. The number of rotatable bonds is 6. The van der Waals surface area contributed by atoms with E-state index in [4.69, 9.17) is 4.74 Å². The van der Waals surface area contributed by atoms with Gasteiger partial charge in [0.1, 0.15) is 11.6 Å². The number of hydrogen-bond acceptors (Lipinski definition) is 6. The largest absolute Gasteiger partial charge is 0.379 e. The van der Waals surface area contributed by atoms with Crippen LogP contribution in [0.5, 0.6) is 0 Å². The first-order chi connectivity index (χ1) is 11.7. The maximum Gasteiger partial charge on any atom is 0.129 e. The van der Waals surface area contributed by atoms with E-state index < -0.39 is 0 Å².